The smallest absolute Gasteiger partial charge is 0.283 e. The highest BCUT2D eigenvalue weighted by Gasteiger charge is 2.27. The number of fused-ring (bicyclic) bond motifs is 2. The summed E-state index contributed by atoms with van der Waals surface area (Å²) in [6, 6.07) is 14.5. The highest BCUT2D eigenvalue weighted by atomic mass is 16.6. The number of aromatic nitrogens is 1. The number of carbonyl (C=O) groups excluding carboxylic acids is 2. The first-order valence-electron chi connectivity index (χ1n) is 8.04. The first kappa shape index (κ1) is 15.9. The SMILES string of the molecule is O=C(NNC(=O)[C@@H]1COc2ccccc2O1)c1cncc2ccccc12. The maximum Gasteiger partial charge on any atom is 0.283 e. The second-order valence-electron chi connectivity index (χ2n) is 5.72. The van der Waals surface area contributed by atoms with Crippen molar-refractivity contribution in [3.05, 3.63) is 66.5 Å². The van der Waals surface area contributed by atoms with Crippen molar-refractivity contribution in [3.8, 4) is 11.5 Å². The maximum absolute atomic E-state index is 12.4. The second-order valence-corrected chi connectivity index (χ2v) is 5.72. The van der Waals surface area contributed by atoms with Gasteiger partial charge in [0.25, 0.3) is 11.8 Å². The van der Waals surface area contributed by atoms with Crippen molar-refractivity contribution in [3.63, 3.8) is 0 Å². The summed E-state index contributed by atoms with van der Waals surface area (Å²) in [4.78, 5) is 28.7. The number of hydrazine groups is 1. The molecule has 4 rings (SSSR count). The number of ether oxygens (including phenoxy) is 2. The lowest BCUT2D eigenvalue weighted by Gasteiger charge is -2.25. The fourth-order valence-electron chi connectivity index (χ4n) is 2.71. The predicted octanol–water partition coefficient (Wildman–Crippen LogP) is 1.84. The van der Waals surface area contributed by atoms with E-state index in [-0.39, 0.29) is 6.61 Å². The molecule has 0 saturated carbocycles. The van der Waals surface area contributed by atoms with Crippen LogP contribution in [0.4, 0.5) is 0 Å². The minimum absolute atomic E-state index is 0.0640. The summed E-state index contributed by atoms with van der Waals surface area (Å²) in [5, 5.41) is 1.59. The van der Waals surface area contributed by atoms with Gasteiger partial charge in [0.15, 0.2) is 11.5 Å². The molecule has 2 heterocycles. The topological polar surface area (TPSA) is 89.6 Å². The van der Waals surface area contributed by atoms with Gasteiger partial charge in [-0.3, -0.25) is 25.4 Å². The van der Waals surface area contributed by atoms with Gasteiger partial charge in [-0.2, -0.15) is 0 Å². The van der Waals surface area contributed by atoms with Crippen molar-refractivity contribution in [2.45, 2.75) is 6.10 Å². The van der Waals surface area contributed by atoms with Crippen molar-refractivity contribution in [1.29, 1.82) is 0 Å². The van der Waals surface area contributed by atoms with Crippen LogP contribution in [0.3, 0.4) is 0 Å². The van der Waals surface area contributed by atoms with Gasteiger partial charge < -0.3 is 9.47 Å². The van der Waals surface area contributed by atoms with Crippen molar-refractivity contribution in [2.75, 3.05) is 6.61 Å². The Labute approximate surface area is 148 Å². The van der Waals surface area contributed by atoms with E-state index in [4.69, 9.17) is 9.47 Å². The van der Waals surface area contributed by atoms with Crippen molar-refractivity contribution >= 4 is 22.6 Å². The molecule has 2 N–H and O–H groups in total. The van der Waals surface area contributed by atoms with E-state index in [9.17, 15) is 9.59 Å². The number of rotatable bonds is 2. The molecule has 2 aromatic carbocycles. The van der Waals surface area contributed by atoms with E-state index in [0.717, 1.165) is 10.8 Å². The van der Waals surface area contributed by atoms with Crippen LogP contribution in [-0.4, -0.2) is 29.5 Å². The Kier molecular flexibility index (Phi) is 4.10. The Hall–Kier alpha value is -3.61. The number of pyridine rings is 1. The van der Waals surface area contributed by atoms with Crippen molar-refractivity contribution < 1.29 is 19.1 Å². The van der Waals surface area contributed by atoms with Gasteiger partial charge in [-0.05, 0) is 17.5 Å². The summed E-state index contributed by atoms with van der Waals surface area (Å²) < 4.78 is 11.1. The molecule has 0 fully saturated rings. The summed E-state index contributed by atoms with van der Waals surface area (Å²) in [6.07, 6.45) is 2.28. The zero-order valence-electron chi connectivity index (χ0n) is 13.6. The van der Waals surface area contributed by atoms with Gasteiger partial charge in [-0.15, -0.1) is 0 Å². The summed E-state index contributed by atoms with van der Waals surface area (Å²) in [6.45, 7) is 0.0640. The number of nitrogens with zero attached hydrogens (tertiary/aromatic N) is 1. The molecule has 130 valence electrons. The number of benzene rings is 2. The fourth-order valence-corrected chi connectivity index (χ4v) is 2.71. The van der Waals surface area contributed by atoms with Gasteiger partial charge in [0.1, 0.15) is 6.61 Å². The second kappa shape index (κ2) is 6.72. The van der Waals surface area contributed by atoms with Gasteiger partial charge in [0.2, 0.25) is 6.10 Å². The zero-order chi connectivity index (χ0) is 17.9. The molecule has 7 heteroatoms. The number of hydrogen-bond acceptors (Lipinski definition) is 5. The van der Waals surface area contributed by atoms with Crippen LogP contribution in [0.1, 0.15) is 10.4 Å². The van der Waals surface area contributed by atoms with E-state index >= 15 is 0 Å². The molecule has 1 aliphatic rings. The summed E-state index contributed by atoms with van der Waals surface area (Å²) >= 11 is 0. The van der Waals surface area contributed by atoms with Crippen molar-refractivity contribution in [2.24, 2.45) is 0 Å². The molecule has 0 spiro atoms. The number of amides is 2. The van der Waals surface area contributed by atoms with Crippen LogP contribution < -0.4 is 20.3 Å². The van der Waals surface area contributed by atoms with Gasteiger partial charge >= 0.3 is 0 Å². The molecule has 0 aliphatic carbocycles. The van der Waals surface area contributed by atoms with Crippen LogP contribution in [0, 0.1) is 0 Å². The lowest BCUT2D eigenvalue weighted by atomic mass is 10.1. The number of nitrogens with one attached hydrogen (secondary N) is 2. The average molecular weight is 349 g/mol. The van der Waals surface area contributed by atoms with E-state index < -0.39 is 17.9 Å². The van der Waals surface area contributed by atoms with Crippen LogP contribution in [0.5, 0.6) is 11.5 Å². The summed E-state index contributed by atoms with van der Waals surface area (Å²) in [5.74, 6) is 0.117. The molecule has 1 atom stereocenters. The Morgan fingerprint density at radius 1 is 0.962 bits per heavy atom. The zero-order valence-corrected chi connectivity index (χ0v) is 13.6. The quantitative estimate of drug-likeness (QED) is 0.689. The van der Waals surface area contributed by atoms with Gasteiger partial charge in [0, 0.05) is 17.8 Å². The minimum atomic E-state index is -0.851. The third-order valence-corrected chi connectivity index (χ3v) is 4.01. The van der Waals surface area contributed by atoms with Crippen LogP contribution >= 0.6 is 0 Å². The molecule has 1 aromatic heterocycles. The predicted molar refractivity (Wildman–Crippen MR) is 93.7 cm³/mol. The summed E-state index contributed by atoms with van der Waals surface area (Å²) in [7, 11) is 0. The summed E-state index contributed by atoms with van der Waals surface area (Å²) in [5.41, 5.74) is 5.14. The highest BCUT2D eigenvalue weighted by molar-refractivity contribution is 6.06. The Morgan fingerprint density at radius 3 is 2.62 bits per heavy atom. The largest absolute Gasteiger partial charge is 0.485 e. The van der Waals surface area contributed by atoms with Gasteiger partial charge in [0.05, 0.1) is 5.56 Å². The molecule has 0 unspecified atom stereocenters. The number of para-hydroxylation sites is 2. The molecule has 2 amide bonds. The Balaban J connectivity index is 1.42. The molecular formula is C19H15N3O4. The number of carbonyl (C=O) groups is 2. The normalized spacial score (nSPS) is 15.3. The lowest BCUT2D eigenvalue weighted by molar-refractivity contribution is -0.131. The highest BCUT2D eigenvalue weighted by Crippen LogP contribution is 2.30. The van der Waals surface area contributed by atoms with Crippen LogP contribution in [-0.2, 0) is 4.79 Å². The molecule has 0 radical (unpaired) electrons. The Morgan fingerprint density at radius 2 is 1.73 bits per heavy atom. The molecule has 26 heavy (non-hydrogen) atoms. The molecule has 0 bridgehead atoms. The molecule has 7 nitrogen and oxygen atoms in total. The van der Waals surface area contributed by atoms with Crippen LogP contribution in [0.2, 0.25) is 0 Å². The van der Waals surface area contributed by atoms with E-state index in [1.807, 2.05) is 30.3 Å². The lowest BCUT2D eigenvalue weighted by Crippen LogP contribution is -2.50. The maximum atomic E-state index is 12.4. The van der Waals surface area contributed by atoms with Gasteiger partial charge in [-0.25, -0.2) is 0 Å². The van der Waals surface area contributed by atoms with Gasteiger partial charge in [-0.1, -0.05) is 36.4 Å². The first-order chi connectivity index (χ1) is 12.7. The molecule has 1 aliphatic heterocycles. The van der Waals surface area contributed by atoms with E-state index in [1.54, 1.807) is 24.4 Å². The van der Waals surface area contributed by atoms with Crippen LogP contribution in [0.15, 0.2) is 60.9 Å². The average Bonchev–Trinajstić information content (AvgIpc) is 2.71. The van der Waals surface area contributed by atoms with E-state index in [0.29, 0.717) is 17.1 Å². The molecular weight excluding hydrogens is 334 g/mol. The molecule has 0 saturated heterocycles. The van der Waals surface area contributed by atoms with E-state index in [2.05, 4.69) is 15.8 Å². The fraction of sp³-hybridized carbons (Fsp3) is 0.105. The first-order valence-corrected chi connectivity index (χ1v) is 8.04. The van der Waals surface area contributed by atoms with Crippen molar-refractivity contribution in [1.82, 2.24) is 15.8 Å². The van der Waals surface area contributed by atoms with E-state index in [1.165, 1.54) is 6.20 Å². The molecule has 3 aromatic rings. The third-order valence-electron chi connectivity index (χ3n) is 4.01. The minimum Gasteiger partial charge on any atom is -0.485 e. The standard InChI is InChI=1S/C19H15N3O4/c23-18(14-10-20-9-12-5-1-2-6-13(12)14)21-22-19(24)17-11-25-15-7-3-4-8-16(15)26-17/h1-10,17H,11H2,(H,21,23)(H,22,24)/t17-/m0/s1. The Bertz CT molecular complexity index is 984. The number of hydrogen-bond donors (Lipinski definition) is 2. The monoisotopic (exact) mass is 349 g/mol. The van der Waals surface area contributed by atoms with Crippen LogP contribution in [0.25, 0.3) is 10.8 Å². The third kappa shape index (κ3) is 3.02.